The van der Waals surface area contributed by atoms with Gasteiger partial charge in [-0.2, -0.15) is 0 Å². The fourth-order valence-corrected chi connectivity index (χ4v) is 3.81. The van der Waals surface area contributed by atoms with E-state index in [9.17, 15) is 4.79 Å². The quantitative estimate of drug-likeness (QED) is 0.836. The van der Waals surface area contributed by atoms with Crippen molar-refractivity contribution in [2.24, 2.45) is 0 Å². The van der Waals surface area contributed by atoms with E-state index in [1.54, 1.807) is 14.2 Å². The molecule has 0 saturated heterocycles. The van der Waals surface area contributed by atoms with E-state index in [0.717, 1.165) is 22.5 Å². The monoisotopic (exact) mass is 367 g/mol. The number of anilines is 1. The van der Waals surface area contributed by atoms with Gasteiger partial charge in [-0.05, 0) is 29.3 Å². The SMILES string of the molecule is COc1ccc([C@H]2C3=C(COC3=O)Nc3cc4c(cc32)OCO4)cc1OC. The van der Waals surface area contributed by atoms with E-state index in [4.69, 9.17) is 23.7 Å². The molecule has 0 amide bonds. The first-order chi connectivity index (χ1) is 13.2. The molecule has 3 heterocycles. The minimum Gasteiger partial charge on any atom is -0.493 e. The average Bonchev–Trinajstić information content (AvgIpc) is 3.30. The zero-order valence-corrected chi connectivity index (χ0v) is 14.8. The standard InChI is InChI=1S/C20H17NO6/c1-23-14-4-3-10(5-15(14)24-2)18-11-6-16-17(27-9-26-16)7-12(11)21-13-8-25-20(22)19(13)18/h3-7,18,21H,8-9H2,1-2H3/t18-/m1/s1. The summed E-state index contributed by atoms with van der Waals surface area (Å²) in [7, 11) is 3.18. The van der Waals surface area contributed by atoms with E-state index < -0.39 is 0 Å². The predicted molar refractivity (Wildman–Crippen MR) is 95.6 cm³/mol. The molecule has 0 saturated carbocycles. The Kier molecular flexibility index (Phi) is 3.43. The van der Waals surface area contributed by atoms with Crippen molar-refractivity contribution in [1.82, 2.24) is 0 Å². The van der Waals surface area contributed by atoms with Crippen LogP contribution in [0.15, 0.2) is 41.6 Å². The highest BCUT2D eigenvalue weighted by atomic mass is 16.7. The second-order valence-electron chi connectivity index (χ2n) is 6.43. The zero-order valence-electron chi connectivity index (χ0n) is 14.8. The summed E-state index contributed by atoms with van der Waals surface area (Å²) in [5.74, 6) is 1.95. The highest BCUT2D eigenvalue weighted by Crippen LogP contribution is 2.49. The molecule has 27 heavy (non-hydrogen) atoms. The number of nitrogens with one attached hydrogen (secondary N) is 1. The fourth-order valence-electron chi connectivity index (χ4n) is 3.81. The lowest BCUT2D eigenvalue weighted by atomic mass is 9.81. The number of fused-ring (bicyclic) bond motifs is 2. The Hall–Kier alpha value is -3.35. The molecule has 0 spiro atoms. The number of hydrogen-bond acceptors (Lipinski definition) is 7. The van der Waals surface area contributed by atoms with Crippen LogP contribution in [0.5, 0.6) is 23.0 Å². The lowest BCUT2D eigenvalue weighted by Crippen LogP contribution is -2.20. The molecule has 2 aromatic rings. The summed E-state index contributed by atoms with van der Waals surface area (Å²) >= 11 is 0. The molecule has 3 aliphatic heterocycles. The van der Waals surface area contributed by atoms with Gasteiger partial charge in [0.05, 0.1) is 25.5 Å². The fraction of sp³-hybridized carbons (Fsp3) is 0.250. The van der Waals surface area contributed by atoms with Gasteiger partial charge in [0.15, 0.2) is 23.0 Å². The molecule has 0 aliphatic carbocycles. The highest BCUT2D eigenvalue weighted by Gasteiger charge is 2.39. The summed E-state index contributed by atoms with van der Waals surface area (Å²) in [5, 5.41) is 3.31. The molecule has 0 unspecified atom stereocenters. The van der Waals surface area contributed by atoms with Crippen LogP contribution in [-0.4, -0.2) is 33.6 Å². The molecule has 0 radical (unpaired) electrons. The minimum absolute atomic E-state index is 0.189. The van der Waals surface area contributed by atoms with Crippen molar-refractivity contribution in [3.63, 3.8) is 0 Å². The van der Waals surface area contributed by atoms with Gasteiger partial charge < -0.3 is 29.0 Å². The van der Waals surface area contributed by atoms with Gasteiger partial charge >= 0.3 is 5.97 Å². The highest BCUT2D eigenvalue weighted by molar-refractivity contribution is 5.97. The second-order valence-corrected chi connectivity index (χ2v) is 6.43. The van der Waals surface area contributed by atoms with Gasteiger partial charge in [0.1, 0.15) is 6.61 Å². The Morgan fingerprint density at radius 2 is 1.78 bits per heavy atom. The molecule has 7 heteroatoms. The molecule has 2 aromatic carbocycles. The largest absolute Gasteiger partial charge is 0.493 e. The molecule has 7 nitrogen and oxygen atoms in total. The number of cyclic esters (lactones) is 1. The first kappa shape index (κ1) is 15.9. The number of ether oxygens (including phenoxy) is 5. The Labute approximate surface area is 155 Å². The van der Waals surface area contributed by atoms with Crippen molar-refractivity contribution in [3.8, 4) is 23.0 Å². The van der Waals surface area contributed by atoms with Crippen LogP contribution in [0.25, 0.3) is 0 Å². The van der Waals surface area contributed by atoms with E-state index >= 15 is 0 Å². The lowest BCUT2D eigenvalue weighted by molar-refractivity contribution is -0.136. The Bertz CT molecular complexity index is 996. The average molecular weight is 367 g/mol. The summed E-state index contributed by atoms with van der Waals surface area (Å²) in [6.45, 7) is 0.417. The maximum atomic E-state index is 12.5. The molecular weight excluding hydrogens is 350 g/mol. The van der Waals surface area contributed by atoms with Crippen LogP contribution in [0.3, 0.4) is 0 Å². The van der Waals surface area contributed by atoms with Crippen LogP contribution >= 0.6 is 0 Å². The molecule has 5 rings (SSSR count). The van der Waals surface area contributed by atoms with Gasteiger partial charge in [0.25, 0.3) is 0 Å². The van der Waals surface area contributed by atoms with Crippen molar-refractivity contribution in [2.45, 2.75) is 5.92 Å². The van der Waals surface area contributed by atoms with Gasteiger partial charge in [-0.3, -0.25) is 0 Å². The van der Waals surface area contributed by atoms with E-state index in [1.165, 1.54) is 0 Å². The Morgan fingerprint density at radius 1 is 1.00 bits per heavy atom. The molecule has 3 aliphatic rings. The number of benzene rings is 2. The van der Waals surface area contributed by atoms with Crippen molar-refractivity contribution in [1.29, 1.82) is 0 Å². The van der Waals surface area contributed by atoms with Gasteiger partial charge in [0.2, 0.25) is 6.79 Å². The predicted octanol–water partition coefficient (Wildman–Crippen LogP) is 2.80. The van der Waals surface area contributed by atoms with Crippen LogP contribution in [0.2, 0.25) is 0 Å². The molecule has 1 N–H and O–H groups in total. The molecule has 1 atom stereocenters. The van der Waals surface area contributed by atoms with Crippen molar-refractivity contribution in [2.75, 3.05) is 32.9 Å². The third kappa shape index (κ3) is 2.31. The van der Waals surface area contributed by atoms with Crippen LogP contribution < -0.4 is 24.3 Å². The number of esters is 1. The summed E-state index contributed by atoms with van der Waals surface area (Å²) in [6.07, 6.45) is 0. The number of hydrogen-bond donors (Lipinski definition) is 1. The first-order valence-electron chi connectivity index (χ1n) is 8.52. The van der Waals surface area contributed by atoms with Crippen LogP contribution in [-0.2, 0) is 9.53 Å². The number of rotatable bonds is 3. The van der Waals surface area contributed by atoms with E-state index in [-0.39, 0.29) is 25.3 Å². The van der Waals surface area contributed by atoms with Crippen molar-refractivity contribution < 1.29 is 28.5 Å². The summed E-state index contributed by atoms with van der Waals surface area (Å²) < 4.78 is 27.1. The molecule has 0 aromatic heterocycles. The lowest BCUT2D eigenvalue weighted by Gasteiger charge is -2.27. The third-order valence-electron chi connectivity index (χ3n) is 5.06. The van der Waals surface area contributed by atoms with Crippen molar-refractivity contribution in [3.05, 3.63) is 52.7 Å². The van der Waals surface area contributed by atoms with Gasteiger partial charge in [-0.15, -0.1) is 0 Å². The summed E-state index contributed by atoms with van der Waals surface area (Å²) in [5.41, 5.74) is 4.07. The van der Waals surface area contributed by atoms with E-state index in [2.05, 4.69) is 5.32 Å². The van der Waals surface area contributed by atoms with Gasteiger partial charge in [0, 0.05) is 17.7 Å². The van der Waals surface area contributed by atoms with Crippen LogP contribution in [0.1, 0.15) is 17.0 Å². The van der Waals surface area contributed by atoms with E-state index in [1.807, 2.05) is 30.3 Å². The molecular formula is C20H17NO6. The van der Waals surface area contributed by atoms with Crippen molar-refractivity contribution >= 4 is 11.7 Å². The summed E-state index contributed by atoms with van der Waals surface area (Å²) in [6, 6.07) is 9.48. The van der Waals surface area contributed by atoms with Crippen LogP contribution in [0, 0.1) is 0 Å². The Balaban J connectivity index is 1.71. The number of methoxy groups -OCH3 is 2. The van der Waals surface area contributed by atoms with Crippen LogP contribution in [0.4, 0.5) is 5.69 Å². The second kappa shape index (κ2) is 5.84. The molecule has 0 fully saturated rings. The smallest absolute Gasteiger partial charge is 0.337 e. The van der Waals surface area contributed by atoms with Gasteiger partial charge in [-0.25, -0.2) is 4.79 Å². The topological polar surface area (TPSA) is 75.3 Å². The minimum atomic E-state index is -0.319. The van der Waals surface area contributed by atoms with E-state index in [0.29, 0.717) is 28.6 Å². The third-order valence-corrected chi connectivity index (χ3v) is 5.06. The van der Waals surface area contributed by atoms with Gasteiger partial charge in [-0.1, -0.05) is 6.07 Å². The number of carbonyl (C=O) groups is 1. The first-order valence-corrected chi connectivity index (χ1v) is 8.52. The molecule has 0 bridgehead atoms. The number of carbonyl (C=O) groups excluding carboxylic acids is 1. The maximum Gasteiger partial charge on any atom is 0.337 e. The Morgan fingerprint density at radius 3 is 2.56 bits per heavy atom. The normalized spacial score (nSPS) is 19.2. The molecule has 138 valence electrons. The summed E-state index contributed by atoms with van der Waals surface area (Å²) in [4.78, 5) is 12.5. The maximum absolute atomic E-state index is 12.5. The zero-order chi connectivity index (χ0) is 18.5.